The number of piperazine rings is 1. The van der Waals surface area contributed by atoms with Gasteiger partial charge in [-0.05, 0) is 57.3 Å². The van der Waals surface area contributed by atoms with Gasteiger partial charge in [0.1, 0.15) is 24.5 Å². The van der Waals surface area contributed by atoms with Crippen molar-refractivity contribution < 1.29 is 22.7 Å². The number of pyridine rings is 1. The second kappa shape index (κ2) is 10.7. The summed E-state index contributed by atoms with van der Waals surface area (Å²) in [6.45, 7) is 2.84. The molecule has 3 heterocycles. The quantitative estimate of drug-likeness (QED) is 0.312. The van der Waals surface area contributed by atoms with Gasteiger partial charge in [0.05, 0.1) is 27.3 Å². The lowest BCUT2D eigenvalue weighted by Gasteiger charge is -2.35. The van der Waals surface area contributed by atoms with Crippen LogP contribution in [0.4, 0.5) is 24.8 Å². The SMILES string of the molecule is CN(C)C1(COc2nc(N3CCN(C=CC=O)CC3)c3cc(Cl)c(-c4nc(N)ccc4C(F)(F)F)cc3n2)CC1. The van der Waals surface area contributed by atoms with Crippen molar-refractivity contribution in [1.82, 2.24) is 24.8 Å². The number of nitrogens with zero attached hydrogens (tertiary/aromatic N) is 6. The number of rotatable bonds is 8. The normalized spacial score (nSPS) is 17.2. The van der Waals surface area contributed by atoms with E-state index in [-0.39, 0.29) is 33.6 Å². The monoisotopic (exact) mass is 575 g/mol. The van der Waals surface area contributed by atoms with Crippen molar-refractivity contribution in [2.75, 3.05) is 57.5 Å². The Kier molecular flexibility index (Phi) is 7.49. The van der Waals surface area contributed by atoms with E-state index in [9.17, 15) is 18.0 Å². The molecule has 0 radical (unpaired) electrons. The smallest absolute Gasteiger partial charge is 0.418 e. The number of halogens is 4. The van der Waals surface area contributed by atoms with Crippen molar-refractivity contribution in [3.63, 3.8) is 0 Å². The molecule has 0 amide bonds. The summed E-state index contributed by atoms with van der Waals surface area (Å²) in [7, 11) is 3.99. The van der Waals surface area contributed by atoms with Gasteiger partial charge in [-0.3, -0.25) is 4.79 Å². The average Bonchev–Trinajstić information content (AvgIpc) is 3.71. The highest BCUT2D eigenvalue weighted by Gasteiger charge is 2.46. The molecule has 0 atom stereocenters. The van der Waals surface area contributed by atoms with Crippen LogP contribution in [0.1, 0.15) is 18.4 Å². The van der Waals surface area contributed by atoms with E-state index >= 15 is 0 Å². The molecule has 2 N–H and O–H groups in total. The number of likely N-dealkylation sites (N-methyl/N-ethyl adjacent to an activating group) is 1. The van der Waals surface area contributed by atoms with Crippen molar-refractivity contribution in [3.8, 4) is 17.3 Å². The Morgan fingerprint density at radius 3 is 2.48 bits per heavy atom. The highest BCUT2D eigenvalue weighted by molar-refractivity contribution is 6.34. The van der Waals surface area contributed by atoms with E-state index in [1.807, 2.05) is 19.0 Å². The van der Waals surface area contributed by atoms with Crippen LogP contribution in [0, 0.1) is 0 Å². The molecule has 0 bridgehead atoms. The van der Waals surface area contributed by atoms with Crippen molar-refractivity contribution in [2.24, 2.45) is 0 Å². The number of hydrogen-bond donors (Lipinski definition) is 1. The Morgan fingerprint density at radius 1 is 1.12 bits per heavy atom. The third kappa shape index (κ3) is 5.64. The first-order valence-corrected chi connectivity index (χ1v) is 13.2. The molecule has 1 aliphatic carbocycles. The zero-order valence-corrected chi connectivity index (χ0v) is 22.8. The van der Waals surface area contributed by atoms with Crippen molar-refractivity contribution in [2.45, 2.75) is 24.6 Å². The van der Waals surface area contributed by atoms with E-state index in [4.69, 9.17) is 27.1 Å². The molecule has 9 nitrogen and oxygen atoms in total. The van der Waals surface area contributed by atoms with E-state index in [1.54, 1.807) is 12.3 Å². The first kappa shape index (κ1) is 27.9. The van der Waals surface area contributed by atoms with Gasteiger partial charge in [-0.15, -0.1) is 0 Å². The van der Waals surface area contributed by atoms with E-state index in [1.165, 1.54) is 12.1 Å². The fraction of sp³-hybridized carbons (Fsp3) is 0.407. The molecule has 1 aromatic carbocycles. The summed E-state index contributed by atoms with van der Waals surface area (Å²) in [5.74, 6) is 0.505. The molecular formula is C27H29ClF3N7O2. The lowest BCUT2D eigenvalue weighted by Crippen LogP contribution is -2.44. The van der Waals surface area contributed by atoms with Crippen molar-refractivity contribution in [3.05, 3.63) is 47.1 Å². The molecule has 40 heavy (non-hydrogen) atoms. The van der Waals surface area contributed by atoms with Crippen LogP contribution in [0.2, 0.25) is 5.02 Å². The van der Waals surface area contributed by atoms with Crippen LogP contribution in [0.25, 0.3) is 22.2 Å². The summed E-state index contributed by atoms with van der Waals surface area (Å²) in [5, 5.41) is 0.635. The number of fused-ring (bicyclic) bond motifs is 1. The van der Waals surface area contributed by atoms with Crippen LogP contribution in [-0.4, -0.2) is 83.5 Å². The third-order valence-corrected chi connectivity index (χ3v) is 7.77. The topological polar surface area (TPSA) is 101 Å². The summed E-state index contributed by atoms with van der Waals surface area (Å²) < 4.78 is 47.7. The molecule has 1 saturated heterocycles. The number of aromatic nitrogens is 3. The van der Waals surface area contributed by atoms with Crippen LogP contribution in [-0.2, 0) is 11.0 Å². The first-order valence-electron chi connectivity index (χ1n) is 12.8. The van der Waals surface area contributed by atoms with E-state index in [0.29, 0.717) is 49.5 Å². The molecule has 3 aromatic rings. The lowest BCUT2D eigenvalue weighted by atomic mass is 10.0. The highest BCUT2D eigenvalue weighted by Crippen LogP contribution is 2.42. The molecule has 5 rings (SSSR count). The number of nitrogens with two attached hydrogens (primary N) is 1. The molecule has 1 aliphatic heterocycles. The number of anilines is 2. The summed E-state index contributed by atoms with van der Waals surface area (Å²) in [6, 6.07) is 5.18. The fourth-order valence-electron chi connectivity index (χ4n) is 4.81. The van der Waals surface area contributed by atoms with Crippen molar-refractivity contribution in [1.29, 1.82) is 0 Å². The van der Waals surface area contributed by atoms with Crippen LogP contribution in [0.3, 0.4) is 0 Å². The second-order valence-corrected chi connectivity index (χ2v) is 10.6. The molecule has 1 saturated carbocycles. The summed E-state index contributed by atoms with van der Waals surface area (Å²) >= 11 is 6.60. The molecule has 212 valence electrons. The Labute approximate surface area is 234 Å². The fourth-order valence-corrected chi connectivity index (χ4v) is 5.06. The van der Waals surface area contributed by atoms with Crippen LogP contribution in [0.5, 0.6) is 6.01 Å². The standard InChI is InChI=1S/C27H29ClF3N7O2/c1-36(2)26(6-7-26)16-40-25-33-21-15-17(23-19(27(29,30)31)4-5-22(32)34-23)20(28)14-18(21)24(35-25)38-11-9-37(10-12-38)8-3-13-39/h3-5,8,13-15H,6-7,9-12,16H2,1-2H3,(H2,32,34). The maximum atomic E-state index is 13.9. The number of hydrogen-bond acceptors (Lipinski definition) is 9. The van der Waals surface area contributed by atoms with Crippen LogP contribution in [0.15, 0.2) is 36.5 Å². The molecule has 2 aliphatic rings. The van der Waals surface area contributed by atoms with E-state index in [2.05, 4.69) is 19.8 Å². The van der Waals surface area contributed by atoms with Gasteiger partial charge in [-0.2, -0.15) is 23.1 Å². The minimum Gasteiger partial charge on any atom is -0.461 e. The number of benzene rings is 1. The predicted octanol–water partition coefficient (Wildman–Crippen LogP) is 4.25. The molecule has 13 heteroatoms. The Morgan fingerprint density at radius 2 is 1.85 bits per heavy atom. The largest absolute Gasteiger partial charge is 0.461 e. The summed E-state index contributed by atoms with van der Waals surface area (Å²) in [5.41, 5.74) is 4.78. The third-order valence-electron chi connectivity index (χ3n) is 7.46. The maximum absolute atomic E-state index is 13.9. The van der Waals surface area contributed by atoms with Crippen LogP contribution >= 0.6 is 11.6 Å². The Bertz CT molecular complexity index is 1450. The maximum Gasteiger partial charge on any atom is 0.418 e. The van der Waals surface area contributed by atoms with Gasteiger partial charge in [0.15, 0.2) is 0 Å². The zero-order valence-electron chi connectivity index (χ0n) is 22.1. The number of ether oxygens (including phenoxy) is 1. The number of aldehydes is 1. The van der Waals surface area contributed by atoms with E-state index < -0.39 is 11.7 Å². The van der Waals surface area contributed by atoms with Gasteiger partial charge >= 0.3 is 12.2 Å². The van der Waals surface area contributed by atoms with Gasteiger partial charge in [0.2, 0.25) is 0 Å². The lowest BCUT2D eigenvalue weighted by molar-refractivity contribution is -0.137. The van der Waals surface area contributed by atoms with Gasteiger partial charge in [0, 0.05) is 43.3 Å². The van der Waals surface area contributed by atoms with Crippen LogP contribution < -0.4 is 15.4 Å². The number of allylic oxidation sites excluding steroid dienone is 1. The Balaban J connectivity index is 1.59. The molecule has 2 aromatic heterocycles. The zero-order chi connectivity index (χ0) is 28.7. The predicted molar refractivity (Wildman–Crippen MR) is 147 cm³/mol. The minimum absolute atomic E-state index is 0.0557. The molecular weight excluding hydrogens is 547 g/mol. The number of carbonyl (C=O) groups is 1. The van der Waals surface area contributed by atoms with Gasteiger partial charge in [-0.25, -0.2) is 4.98 Å². The summed E-state index contributed by atoms with van der Waals surface area (Å²) in [4.78, 5) is 30.2. The minimum atomic E-state index is -4.66. The summed E-state index contributed by atoms with van der Waals surface area (Å²) in [6.07, 6.45) is 1.22. The Hall–Kier alpha value is -3.64. The van der Waals surface area contributed by atoms with Crippen molar-refractivity contribution >= 4 is 40.4 Å². The molecule has 2 fully saturated rings. The number of alkyl halides is 3. The first-order chi connectivity index (χ1) is 19.0. The van der Waals surface area contributed by atoms with Gasteiger partial charge < -0.3 is 25.2 Å². The van der Waals surface area contributed by atoms with Gasteiger partial charge in [-0.1, -0.05) is 11.6 Å². The second-order valence-electron chi connectivity index (χ2n) is 10.2. The molecule has 0 spiro atoms. The average molecular weight is 576 g/mol. The van der Waals surface area contributed by atoms with Gasteiger partial charge in [0.25, 0.3) is 0 Å². The molecule has 0 unspecified atom stereocenters. The highest BCUT2D eigenvalue weighted by atomic mass is 35.5. The number of nitrogen functional groups attached to an aromatic ring is 1. The number of carbonyl (C=O) groups excluding carboxylic acids is 1. The van der Waals surface area contributed by atoms with E-state index in [0.717, 1.165) is 31.3 Å².